The molecule has 0 aliphatic carbocycles. The molecule has 9 nitrogen and oxygen atoms in total. The third-order valence-electron chi connectivity index (χ3n) is 4.92. The van der Waals surface area contributed by atoms with Gasteiger partial charge >= 0.3 is 6.01 Å². The SMILES string of the molecule is CCOc1c(C)nc(-n2c(OC)nc3c(C(N)=O)cccc32)nc1NCc1ccccc1. The first-order valence-corrected chi connectivity index (χ1v) is 10.2. The number of amides is 1. The number of primary amides is 1. The van der Waals surface area contributed by atoms with Crippen molar-refractivity contribution in [3.63, 3.8) is 0 Å². The van der Waals surface area contributed by atoms with E-state index in [0.717, 1.165) is 5.56 Å². The monoisotopic (exact) mass is 432 g/mol. The fourth-order valence-corrected chi connectivity index (χ4v) is 3.47. The summed E-state index contributed by atoms with van der Waals surface area (Å²) in [4.78, 5) is 25.7. The van der Waals surface area contributed by atoms with Crippen LogP contribution in [0.5, 0.6) is 11.8 Å². The van der Waals surface area contributed by atoms with E-state index in [9.17, 15) is 4.79 Å². The minimum absolute atomic E-state index is 0.242. The lowest BCUT2D eigenvalue weighted by atomic mass is 10.2. The number of hydrogen-bond acceptors (Lipinski definition) is 7. The maximum atomic E-state index is 11.9. The van der Waals surface area contributed by atoms with Crippen LogP contribution in [0.4, 0.5) is 5.82 Å². The highest BCUT2D eigenvalue weighted by Gasteiger charge is 2.22. The second-order valence-electron chi connectivity index (χ2n) is 7.03. The zero-order valence-electron chi connectivity index (χ0n) is 18.1. The Balaban J connectivity index is 1.85. The van der Waals surface area contributed by atoms with Crippen LogP contribution >= 0.6 is 0 Å². The quantitative estimate of drug-likeness (QED) is 0.439. The highest BCUT2D eigenvalue weighted by Crippen LogP contribution is 2.31. The number of imidazole rings is 1. The van der Waals surface area contributed by atoms with Crippen LogP contribution in [0.2, 0.25) is 0 Å². The van der Waals surface area contributed by atoms with Gasteiger partial charge in [0.1, 0.15) is 5.52 Å². The molecule has 0 aliphatic heterocycles. The lowest BCUT2D eigenvalue weighted by Gasteiger charge is -2.16. The van der Waals surface area contributed by atoms with Gasteiger partial charge in [0.15, 0.2) is 11.6 Å². The van der Waals surface area contributed by atoms with E-state index in [1.807, 2.05) is 50.2 Å². The number of nitrogens with two attached hydrogens (primary N) is 1. The highest BCUT2D eigenvalue weighted by molar-refractivity contribution is 6.04. The number of nitrogens with one attached hydrogen (secondary N) is 1. The predicted octanol–water partition coefficient (Wildman–Crippen LogP) is 3.24. The molecule has 0 radical (unpaired) electrons. The van der Waals surface area contributed by atoms with Crippen molar-refractivity contribution in [3.05, 3.63) is 65.4 Å². The Morgan fingerprint density at radius 1 is 1.09 bits per heavy atom. The van der Waals surface area contributed by atoms with E-state index in [1.165, 1.54) is 7.11 Å². The molecule has 3 N–H and O–H groups in total. The molecule has 0 atom stereocenters. The summed E-state index contributed by atoms with van der Waals surface area (Å²) in [6.45, 7) is 4.80. The maximum absolute atomic E-state index is 11.9. The third-order valence-corrected chi connectivity index (χ3v) is 4.92. The summed E-state index contributed by atoms with van der Waals surface area (Å²) in [5, 5.41) is 3.35. The van der Waals surface area contributed by atoms with Crippen LogP contribution in [-0.4, -0.2) is 39.1 Å². The first kappa shape index (κ1) is 21.1. The number of para-hydroxylation sites is 1. The van der Waals surface area contributed by atoms with Crippen molar-refractivity contribution in [2.45, 2.75) is 20.4 Å². The molecule has 0 bridgehead atoms. The number of rotatable bonds is 8. The van der Waals surface area contributed by atoms with Crippen LogP contribution in [0, 0.1) is 6.92 Å². The van der Waals surface area contributed by atoms with E-state index in [4.69, 9.17) is 20.2 Å². The van der Waals surface area contributed by atoms with Crippen molar-refractivity contribution >= 4 is 22.8 Å². The molecule has 9 heteroatoms. The van der Waals surface area contributed by atoms with Crippen molar-refractivity contribution in [3.8, 4) is 17.7 Å². The highest BCUT2D eigenvalue weighted by atomic mass is 16.5. The molecule has 0 unspecified atom stereocenters. The third kappa shape index (κ3) is 3.92. The molecule has 164 valence electrons. The predicted molar refractivity (Wildman–Crippen MR) is 121 cm³/mol. The van der Waals surface area contributed by atoms with Crippen LogP contribution in [0.3, 0.4) is 0 Å². The summed E-state index contributed by atoms with van der Waals surface area (Å²) in [6, 6.07) is 15.4. The van der Waals surface area contributed by atoms with E-state index in [2.05, 4.69) is 15.3 Å². The van der Waals surface area contributed by atoms with Gasteiger partial charge in [0, 0.05) is 6.54 Å². The van der Waals surface area contributed by atoms with Gasteiger partial charge in [-0.2, -0.15) is 9.97 Å². The summed E-state index contributed by atoms with van der Waals surface area (Å²) in [6.07, 6.45) is 0. The van der Waals surface area contributed by atoms with Gasteiger partial charge in [-0.05, 0) is 31.5 Å². The Labute approximate surface area is 185 Å². The Morgan fingerprint density at radius 2 is 1.88 bits per heavy atom. The zero-order valence-corrected chi connectivity index (χ0v) is 18.1. The van der Waals surface area contributed by atoms with Gasteiger partial charge in [-0.15, -0.1) is 0 Å². The normalized spacial score (nSPS) is 10.8. The zero-order chi connectivity index (χ0) is 22.7. The summed E-state index contributed by atoms with van der Waals surface area (Å²) >= 11 is 0. The number of anilines is 1. The molecule has 32 heavy (non-hydrogen) atoms. The maximum Gasteiger partial charge on any atom is 0.304 e. The molecule has 0 saturated heterocycles. The molecule has 0 fully saturated rings. The van der Waals surface area contributed by atoms with Crippen molar-refractivity contribution in [2.24, 2.45) is 5.73 Å². The molecule has 4 aromatic rings. The van der Waals surface area contributed by atoms with Crippen LogP contribution in [0.15, 0.2) is 48.5 Å². The molecule has 1 amide bonds. The number of nitrogens with zero attached hydrogens (tertiary/aromatic N) is 4. The average Bonchev–Trinajstić information content (AvgIpc) is 3.18. The van der Waals surface area contributed by atoms with E-state index in [1.54, 1.807) is 16.7 Å². The lowest BCUT2D eigenvalue weighted by molar-refractivity contribution is 0.100. The Bertz CT molecular complexity index is 1270. The Morgan fingerprint density at radius 3 is 2.56 bits per heavy atom. The number of carbonyl (C=O) groups excluding carboxylic acids is 1. The largest absolute Gasteiger partial charge is 0.488 e. The van der Waals surface area contributed by atoms with E-state index < -0.39 is 5.91 Å². The molecular formula is C23H24N6O3. The van der Waals surface area contributed by atoms with Crippen LogP contribution in [-0.2, 0) is 6.54 Å². The number of aromatic nitrogens is 4. The number of methoxy groups -OCH3 is 1. The fraction of sp³-hybridized carbons (Fsp3) is 0.217. The number of fused-ring (bicyclic) bond motifs is 1. The molecule has 2 aromatic heterocycles. The summed E-state index contributed by atoms with van der Waals surface area (Å²) < 4.78 is 12.9. The first-order valence-electron chi connectivity index (χ1n) is 10.2. The van der Waals surface area contributed by atoms with Gasteiger partial charge in [0.05, 0.1) is 30.5 Å². The van der Waals surface area contributed by atoms with Crippen molar-refractivity contribution < 1.29 is 14.3 Å². The number of benzene rings is 2. The van der Waals surface area contributed by atoms with Gasteiger partial charge in [0.2, 0.25) is 5.95 Å². The molecule has 0 saturated carbocycles. The van der Waals surface area contributed by atoms with Crippen molar-refractivity contribution in [2.75, 3.05) is 19.0 Å². The van der Waals surface area contributed by atoms with E-state index >= 15 is 0 Å². The topological polar surface area (TPSA) is 117 Å². The van der Waals surface area contributed by atoms with Crippen LogP contribution in [0.1, 0.15) is 28.5 Å². The smallest absolute Gasteiger partial charge is 0.304 e. The molecule has 4 rings (SSSR count). The van der Waals surface area contributed by atoms with Crippen LogP contribution < -0.4 is 20.5 Å². The average molecular weight is 432 g/mol. The number of hydrogen-bond donors (Lipinski definition) is 2. The summed E-state index contributed by atoms with van der Waals surface area (Å²) in [7, 11) is 1.50. The lowest BCUT2D eigenvalue weighted by Crippen LogP contribution is -2.12. The van der Waals surface area contributed by atoms with Gasteiger partial charge in [-0.3, -0.25) is 4.79 Å². The van der Waals surface area contributed by atoms with E-state index in [-0.39, 0.29) is 6.01 Å². The minimum atomic E-state index is -0.572. The standard InChI is InChI=1S/C23H24N6O3/c1-4-32-19-14(2)26-22(28-21(19)25-13-15-9-6-5-7-10-15)29-17-12-8-11-16(20(24)30)18(17)27-23(29)31-3/h5-12H,4,13H2,1-3H3,(H2,24,30)(H,25,26,28). The number of aryl methyl sites for hydroxylation is 1. The second kappa shape index (κ2) is 8.93. The minimum Gasteiger partial charge on any atom is -0.488 e. The number of ether oxygens (including phenoxy) is 2. The van der Waals surface area contributed by atoms with Crippen molar-refractivity contribution in [1.29, 1.82) is 0 Å². The first-order chi connectivity index (χ1) is 15.5. The Hall–Kier alpha value is -4.14. The van der Waals surface area contributed by atoms with Gasteiger partial charge in [-0.1, -0.05) is 36.4 Å². The molecule has 0 spiro atoms. The fourth-order valence-electron chi connectivity index (χ4n) is 3.47. The van der Waals surface area contributed by atoms with Crippen molar-refractivity contribution in [1.82, 2.24) is 19.5 Å². The van der Waals surface area contributed by atoms with Gasteiger partial charge in [-0.25, -0.2) is 9.55 Å². The second-order valence-corrected chi connectivity index (χ2v) is 7.03. The van der Waals surface area contributed by atoms with Gasteiger partial charge < -0.3 is 20.5 Å². The summed E-state index contributed by atoms with van der Waals surface area (Å²) in [5.41, 5.74) is 8.61. The van der Waals surface area contributed by atoms with Gasteiger partial charge in [0.25, 0.3) is 5.91 Å². The number of carbonyl (C=O) groups is 1. The van der Waals surface area contributed by atoms with Crippen LogP contribution in [0.25, 0.3) is 17.0 Å². The molecule has 2 heterocycles. The molecular weight excluding hydrogens is 408 g/mol. The van der Waals surface area contributed by atoms with E-state index in [0.29, 0.717) is 53.0 Å². The summed E-state index contributed by atoms with van der Waals surface area (Å²) in [5.74, 6) is 0.890. The Kier molecular flexibility index (Phi) is 5.89. The molecule has 0 aliphatic rings. The molecule has 2 aromatic carbocycles.